The molecule has 2 saturated carbocycles. The van der Waals surface area contributed by atoms with Crippen molar-refractivity contribution < 1.29 is 0 Å². The largest absolute Gasteiger partial charge is 0.314 e. The van der Waals surface area contributed by atoms with Crippen LogP contribution in [0.2, 0.25) is 0 Å². The van der Waals surface area contributed by atoms with Crippen molar-refractivity contribution in [3.63, 3.8) is 0 Å². The fourth-order valence-corrected chi connectivity index (χ4v) is 4.25. The van der Waals surface area contributed by atoms with Gasteiger partial charge in [0.1, 0.15) is 0 Å². The molecule has 2 unspecified atom stereocenters. The summed E-state index contributed by atoms with van der Waals surface area (Å²) >= 11 is 0. The van der Waals surface area contributed by atoms with E-state index in [4.69, 9.17) is 0 Å². The third-order valence-corrected chi connectivity index (χ3v) is 5.24. The van der Waals surface area contributed by atoms with Crippen LogP contribution < -0.4 is 5.32 Å². The van der Waals surface area contributed by atoms with E-state index in [9.17, 15) is 0 Å². The molecule has 0 bridgehead atoms. The minimum atomic E-state index is 0.855. The van der Waals surface area contributed by atoms with Crippen LogP contribution in [0.5, 0.6) is 0 Å². The third kappa shape index (κ3) is 3.03. The average molecular weight is 236 g/mol. The second kappa shape index (κ2) is 5.71. The SMILES string of the molecule is C1CCC(NCCCN2CC3CCCC3C2)C1. The van der Waals surface area contributed by atoms with E-state index in [1.807, 2.05) is 0 Å². The van der Waals surface area contributed by atoms with Crippen LogP contribution in [0.25, 0.3) is 0 Å². The second-order valence-electron chi connectivity index (χ2n) is 6.50. The van der Waals surface area contributed by atoms with Crippen molar-refractivity contribution >= 4 is 0 Å². The van der Waals surface area contributed by atoms with Gasteiger partial charge in [0.15, 0.2) is 0 Å². The minimum Gasteiger partial charge on any atom is -0.314 e. The number of hydrogen-bond donors (Lipinski definition) is 1. The van der Waals surface area contributed by atoms with Gasteiger partial charge in [-0.15, -0.1) is 0 Å². The van der Waals surface area contributed by atoms with Gasteiger partial charge in [-0.25, -0.2) is 0 Å². The van der Waals surface area contributed by atoms with E-state index in [0.717, 1.165) is 17.9 Å². The van der Waals surface area contributed by atoms with E-state index in [-0.39, 0.29) is 0 Å². The molecule has 1 N–H and O–H groups in total. The first-order chi connectivity index (χ1) is 8.42. The van der Waals surface area contributed by atoms with Gasteiger partial charge in [0.05, 0.1) is 0 Å². The molecule has 1 heterocycles. The first kappa shape index (κ1) is 12.0. The minimum absolute atomic E-state index is 0.855. The molecule has 0 aromatic carbocycles. The lowest BCUT2D eigenvalue weighted by atomic mass is 10.0. The van der Waals surface area contributed by atoms with Gasteiger partial charge in [0.25, 0.3) is 0 Å². The maximum Gasteiger partial charge on any atom is 0.00670 e. The quantitative estimate of drug-likeness (QED) is 0.738. The summed E-state index contributed by atoms with van der Waals surface area (Å²) in [6.07, 6.45) is 11.6. The standard InChI is InChI=1S/C15H28N2/c1-2-8-15(7-1)16-9-4-10-17-11-13-5-3-6-14(13)12-17/h13-16H,1-12H2. The highest BCUT2D eigenvalue weighted by Gasteiger charge is 2.35. The summed E-state index contributed by atoms with van der Waals surface area (Å²) in [6, 6.07) is 0.855. The Bertz CT molecular complexity index is 223. The van der Waals surface area contributed by atoms with Crippen molar-refractivity contribution in [2.24, 2.45) is 11.8 Å². The molecule has 0 amide bonds. The summed E-state index contributed by atoms with van der Waals surface area (Å²) in [6.45, 7) is 5.41. The van der Waals surface area contributed by atoms with Crippen LogP contribution in [-0.4, -0.2) is 37.1 Å². The van der Waals surface area contributed by atoms with Crippen LogP contribution in [0.4, 0.5) is 0 Å². The lowest BCUT2D eigenvalue weighted by Crippen LogP contribution is -2.30. The lowest BCUT2D eigenvalue weighted by molar-refractivity contribution is 0.302. The highest BCUT2D eigenvalue weighted by atomic mass is 15.2. The molecule has 98 valence electrons. The Labute approximate surface area is 106 Å². The number of rotatable bonds is 5. The summed E-state index contributed by atoms with van der Waals surface area (Å²) < 4.78 is 0. The third-order valence-electron chi connectivity index (χ3n) is 5.24. The Morgan fingerprint density at radius 3 is 2.29 bits per heavy atom. The lowest BCUT2D eigenvalue weighted by Gasteiger charge is -2.18. The van der Waals surface area contributed by atoms with Crippen molar-refractivity contribution in [2.75, 3.05) is 26.2 Å². The number of nitrogens with one attached hydrogen (secondary N) is 1. The molecule has 2 heteroatoms. The molecule has 0 spiro atoms. The molecule has 2 nitrogen and oxygen atoms in total. The molecule has 2 aliphatic carbocycles. The maximum absolute atomic E-state index is 3.73. The van der Waals surface area contributed by atoms with Crippen LogP contribution in [0.3, 0.4) is 0 Å². The van der Waals surface area contributed by atoms with Crippen LogP contribution >= 0.6 is 0 Å². The molecule has 0 radical (unpaired) electrons. The average Bonchev–Trinajstić information content (AvgIpc) is 3.00. The molecule has 0 aromatic heterocycles. The van der Waals surface area contributed by atoms with E-state index in [1.165, 1.54) is 77.5 Å². The Kier molecular flexibility index (Phi) is 4.02. The second-order valence-corrected chi connectivity index (χ2v) is 6.50. The predicted molar refractivity (Wildman–Crippen MR) is 72.1 cm³/mol. The van der Waals surface area contributed by atoms with Gasteiger partial charge in [0, 0.05) is 19.1 Å². The molecule has 3 rings (SSSR count). The fourth-order valence-electron chi connectivity index (χ4n) is 4.25. The zero-order valence-corrected chi connectivity index (χ0v) is 11.2. The van der Waals surface area contributed by atoms with Gasteiger partial charge in [-0.3, -0.25) is 0 Å². The van der Waals surface area contributed by atoms with Gasteiger partial charge in [-0.1, -0.05) is 19.3 Å². The molecule has 3 fully saturated rings. The molecule has 3 aliphatic rings. The first-order valence-corrected chi connectivity index (χ1v) is 7.87. The molecule has 1 saturated heterocycles. The summed E-state index contributed by atoms with van der Waals surface area (Å²) in [5.74, 6) is 2.13. The summed E-state index contributed by atoms with van der Waals surface area (Å²) in [5, 5.41) is 3.73. The van der Waals surface area contributed by atoms with Crippen molar-refractivity contribution in [3.05, 3.63) is 0 Å². The number of fused-ring (bicyclic) bond motifs is 1. The summed E-state index contributed by atoms with van der Waals surface area (Å²) in [4.78, 5) is 2.73. The number of hydrogen-bond acceptors (Lipinski definition) is 2. The highest BCUT2D eigenvalue weighted by molar-refractivity contribution is 4.88. The molecule has 2 atom stereocenters. The Morgan fingerprint density at radius 2 is 1.59 bits per heavy atom. The van der Waals surface area contributed by atoms with Crippen LogP contribution in [0, 0.1) is 11.8 Å². The van der Waals surface area contributed by atoms with Crippen molar-refractivity contribution in [1.29, 1.82) is 0 Å². The molecular weight excluding hydrogens is 208 g/mol. The Balaban J connectivity index is 1.27. The van der Waals surface area contributed by atoms with Gasteiger partial charge >= 0.3 is 0 Å². The first-order valence-electron chi connectivity index (χ1n) is 7.87. The molecule has 0 aromatic rings. The van der Waals surface area contributed by atoms with E-state index in [0.29, 0.717) is 0 Å². The monoisotopic (exact) mass is 236 g/mol. The van der Waals surface area contributed by atoms with Gasteiger partial charge in [-0.2, -0.15) is 0 Å². The normalized spacial score (nSPS) is 34.6. The van der Waals surface area contributed by atoms with E-state index >= 15 is 0 Å². The van der Waals surface area contributed by atoms with E-state index in [1.54, 1.807) is 0 Å². The molecular formula is C15H28N2. The molecule has 17 heavy (non-hydrogen) atoms. The predicted octanol–water partition coefficient (Wildman–Crippen LogP) is 2.64. The summed E-state index contributed by atoms with van der Waals surface area (Å²) in [5.41, 5.74) is 0. The fraction of sp³-hybridized carbons (Fsp3) is 1.00. The van der Waals surface area contributed by atoms with Crippen molar-refractivity contribution in [1.82, 2.24) is 10.2 Å². The topological polar surface area (TPSA) is 15.3 Å². The molecule has 1 aliphatic heterocycles. The van der Waals surface area contributed by atoms with Crippen LogP contribution in [0.1, 0.15) is 51.4 Å². The number of nitrogens with zero attached hydrogens (tertiary/aromatic N) is 1. The van der Waals surface area contributed by atoms with Gasteiger partial charge < -0.3 is 10.2 Å². The zero-order valence-electron chi connectivity index (χ0n) is 11.2. The van der Waals surface area contributed by atoms with E-state index < -0.39 is 0 Å². The number of likely N-dealkylation sites (tertiary alicyclic amines) is 1. The van der Waals surface area contributed by atoms with Crippen LogP contribution in [0.15, 0.2) is 0 Å². The van der Waals surface area contributed by atoms with Crippen molar-refractivity contribution in [2.45, 2.75) is 57.4 Å². The Hall–Kier alpha value is -0.0800. The smallest absolute Gasteiger partial charge is 0.00670 e. The summed E-state index contributed by atoms with van der Waals surface area (Å²) in [7, 11) is 0. The van der Waals surface area contributed by atoms with Gasteiger partial charge in [-0.05, 0) is 57.0 Å². The zero-order chi connectivity index (χ0) is 11.5. The van der Waals surface area contributed by atoms with Crippen LogP contribution in [-0.2, 0) is 0 Å². The van der Waals surface area contributed by atoms with E-state index in [2.05, 4.69) is 10.2 Å². The Morgan fingerprint density at radius 1 is 0.882 bits per heavy atom. The van der Waals surface area contributed by atoms with Crippen molar-refractivity contribution in [3.8, 4) is 0 Å². The maximum atomic E-state index is 3.73. The highest BCUT2D eigenvalue weighted by Crippen LogP contribution is 2.37. The van der Waals surface area contributed by atoms with Gasteiger partial charge in [0.2, 0.25) is 0 Å².